The van der Waals surface area contributed by atoms with Crippen LogP contribution < -0.4 is 10.6 Å². The third-order valence-corrected chi connectivity index (χ3v) is 2.56. The Bertz CT molecular complexity index is 363. The first kappa shape index (κ1) is 10.1. The molecular weight excluding hydrogens is 195 g/mol. The van der Waals surface area contributed by atoms with E-state index >= 15 is 0 Å². The van der Waals surface area contributed by atoms with E-state index in [0.29, 0.717) is 5.56 Å². The monoisotopic (exact) mass is 208 g/mol. The molecule has 0 spiro atoms. The highest BCUT2D eigenvalue weighted by molar-refractivity contribution is 5.79. The summed E-state index contributed by atoms with van der Waals surface area (Å²) in [5.41, 5.74) is 0.526. The molecule has 4 heteroatoms. The smallest absolute Gasteiger partial charge is 0.225 e. The lowest BCUT2D eigenvalue weighted by atomic mass is 10.0. The van der Waals surface area contributed by atoms with Crippen LogP contribution in [0.4, 0.5) is 4.39 Å². The van der Waals surface area contributed by atoms with Gasteiger partial charge in [-0.1, -0.05) is 18.2 Å². The van der Waals surface area contributed by atoms with E-state index in [0.717, 1.165) is 13.1 Å². The molecule has 0 unspecified atom stereocenters. The molecule has 80 valence electrons. The van der Waals surface area contributed by atoms with Gasteiger partial charge in [0, 0.05) is 25.2 Å². The number of carbonyl (C=O) groups is 1. The number of nitrogens with one attached hydrogen (secondary N) is 2. The molecule has 0 radical (unpaired) electrons. The average Bonchev–Trinajstić information content (AvgIpc) is 2.14. The number of hydrogen-bond acceptors (Lipinski definition) is 2. The highest BCUT2D eigenvalue weighted by Gasteiger charge is 2.24. The summed E-state index contributed by atoms with van der Waals surface area (Å²) in [6.07, 6.45) is 0. The second-order valence-electron chi connectivity index (χ2n) is 3.66. The fourth-order valence-corrected chi connectivity index (χ4v) is 1.44. The number of carbonyl (C=O) groups excluding carboxylic acids is 1. The summed E-state index contributed by atoms with van der Waals surface area (Å²) >= 11 is 0. The first-order valence-corrected chi connectivity index (χ1v) is 4.99. The van der Waals surface area contributed by atoms with Crippen LogP contribution in [0.1, 0.15) is 5.56 Å². The summed E-state index contributed by atoms with van der Waals surface area (Å²) < 4.78 is 13.2. The van der Waals surface area contributed by atoms with Crippen molar-refractivity contribution in [2.45, 2.75) is 6.54 Å². The summed E-state index contributed by atoms with van der Waals surface area (Å²) in [5.74, 6) is -0.224. The molecule has 1 fully saturated rings. The molecule has 2 rings (SSSR count). The Kier molecular flexibility index (Phi) is 2.97. The van der Waals surface area contributed by atoms with Crippen molar-refractivity contribution < 1.29 is 9.18 Å². The van der Waals surface area contributed by atoms with E-state index in [1.807, 2.05) is 0 Å². The predicted octanol–water partition coefficient (Wildman–Crippen LogP) is 0.661. The van der Waals surface area contributed by atoms with Gasteiger partial charge >= 0.3 is 0 Å². The van der Waals surface area contributed by atoms with E-state index in [1.165, 1.54) is 6.07 Å². The van der Waals surface area contributed by atoms with Gasteiger partial charge in [-0.05, 0) is 6.07 Å². The third-order valence-electron chi connectivity index (χ3n) is 2.56. The number of rotatable bonds is 3. The summed E-state index contributed by atoms with van der Waals surface area (Å²) in [6, 6.07) is 6.47. The fourth-order valence-electron chi connectivity index (χ4n) is 1.44. The van der Waals surface area contributed by atoms with Crippen LogP contribution in [-0.4, -0.2) is 19.0 Å². The molecule has 1 aromatic carbocycles. The maximum atomic E-state index is 13.2. The molecule has 1 aliphatic rings. The highest BCUT2D eigenvalue weighted by atomic mass is 19.1. The van der Waals surface area contributed by atoms with Crippen molar-refractivity contribution in [1.82, 2.24) is 10.6 Å². The average molecular weight is 208 g/mol. The summed E-state index contributed by atoms with van der Waals surface area (Å²) in [7, 11) is 0. The lowest BCUT2D eigenvalue weighted by Crippen LogP contribution is -2.50. The minimum Gasteiger partial charge on any atom is -0.352 e. The molecule has 1 heterocycles. The zero-order valence-corrected chi connectivity index (χ0v) is 8.29. The van der Waals surface area contributed by atoms with Gasteiger partial charge in [0.05, 0.1) is 5.92 Å². The summed E-state index contributed by atoms with van der Waals surface area (Å²) in [5, 5.41) is 5.74. The number of hydrogen-bond donors (Lipinski definition) is 2. The predicted molar refractivity (Wildman–Crippen MR) is 54.6 cm³/mol. The van der Waals surface area contributed by atoms with Crippen LogP contribution in [0.2, 0.25) is 0 Å². The molecule has 0 bridgehead atoms. The van der Waals surface area contributed by atoms with Crippen molar-refractivity contribution in [3.63, 3.8) is 0 Å². The second kappa shape index (κ2) is 4.40. The van der Waals surface area contributed by atoms with Crippen molar-refractivity contribution in [1.29, 1.82) is 0 Å². The van der Waals surface area contributed by atoms with Gasteiger partial charge in [-0.15, -0.1) is 0 Å². The van der Waals surface area contributed by atoms with Crippen molar-refractivity contribution in [2.75, 3.05) is 13.1 Å². The molecule has 1 aromatic rings. The Balaban J connectivity index is 1.87. The van der Waals surface area contributed by atoms with Crippen LogP contribution in [-0.2, 0) is 11.3 Å². The maximum Gasteiger partial charge on any atom is 0.225 e. The molecule has 2 N–H and O–H groups in total. The molecule has 1 saturated heterocycles. The Hall–Kier alpha value is -1.42. The summed E-state index contributed by atoms with van der Waals surface area (Å²) in [4.78, 5) is 11.4. The minimum atomic E-state index is -0.274. The molecule has 0 aliphatic carbocycles. The van der Waals surface area contributed by atoms with Crippen molar-refractivity contribution >= 4 is 5.91 Å². The zero-order chi connectivity index (χ0) is 10.7. The second-order valence-corrected chi connectivity index (χ2v) is 3.66. The SMILES string of the molecule is O=C(NCc1ccccc1F)C1CNC1. The highest BCUT2D eigenvalue weighted by Crippen LogP contribution is 2.07. The Morgan fingerprint density at radius 3 is 2.80 bits per heavy atom. The standard InChI is InChI=1S/C11H13FN2O/c12-10-4-2-1-3-8(10)7-14-11(15)9-5-13-6-9/h1-4,9,13H,5-7H2,(H,14,15). The van der Waals surface area contributed by atoms with E-state index in [1.54, 1.807) is 18.2 Å². The van der Waals surface area contributed by atoms with Gasteiger partial charge in [0.25, 0.3) is 0 Å². The molecule has 3 nitrogen and oxygen atoms in total. The minimum absolute atomic E-state index is 0.00277. The van der Waals surface area contributed by atoms with Crippen LogP contribution >= 0.6 is 0 Å². The third kappa shape index (κ3) is 2.33. The number of amides is 1. The van der Waals surface area contributed by atoms with E-state index in [-0.39, 0.29) is 24.2 Å². The van der Waals surface area contributed by atoms with Crippen molar-refractivity contribution in [2.24, 2.45) is 5.92 Å². The molecule has 1 aliphatic heterocycles. The first-order valence-electron chi connectivity index (χ1n) is 4.99. The maximum absolute atomic E-state index is 13.2. The molecule has 1 amide bonds. The van der Waals surface area contributed by atoms with Gasteiger partial charge in [0.15, 0.2) is 0 Å². The largest absolute Gasteiger partial charge is 0.352 e. The van der Waals surface area contributed by atoms with Gasteiger partial charge in [-0.3, -0.25) is 4.79 Å². The first-order chi connectivity index (χ1) is 7.27. The topological polar surface area (TPSA) is 41.1 Å². The van der Waals surface area contributed by atoms with E-state index < -0.39 is 0 Å². The quantitative estimate of drug-likeness (QED) is 0.766. The number of halogens is 1. The van der Waals surface area contributed by atoms with E-state index in [9.17, 15) is 9.18 Å². The van der Waals surface area contributed by atoms with Gasteiger partial charge in [-0.2, -0.15) is 0 Å². The van der Waals surface area contributed by atoms with Crippen LogP contribution in [0.15, 0.2) is 24.3 Å². The van der Waals surface area contributed by atoms with Crippen molar-refractivity contribution in [3.8, 4) is 0 Å². The molecule has 0 aromatic heterocycles. The summed E-state index contributed by atoms with van der Waals surface area (Å²) in [6.45, 7) is 1.72. The lowest BCUT2D eigenvalue weighted by molar-refractivity contribution is -0.126. The van der Waals surface area contributed by atoms with Gasteiger partial charge in [0.1, 0.15) is 5.82 Å². The Morgan fingerprint density at radius 2 is 2.20 bits per heavy atom. The van der Waals surface area contributed by atoms with Gasteiger partial charge in [-0.25, -0.2) is 4.39 Å². The Morgan fingerprint density at radius 1 is 1.47 bits per heavy atom. The number of benzene rings is 1. The zero-order valence-electron chi connectivity index (χ0n) is 8.29. The van der Waals surface area contributed by atoms with Gasteiger partial charge in [0.2, 0.25) is 5.91 Å². The van der Waals surface area contributed by atoms with Crippen molar-refractivity contribution in [3.05, 3.63) is 35.6 Å². The van der Waals surface area contributed by atoms with Crippen LogP contribution in [0, 0.1) is 11.7 Å². The normalized spacial score (nSPS) is 15.8. The van der Waals surface area contributed by atoms with Crippen LogP contribution in [0.25, 0.3) is 0 Å². The van der Waals surface area contributed by atoms with Crippen LogP contribution in [0.5, 0.6) is 0 Å². The molecule has 0 saturated carbocycles. The Labute approximate surface area is 87.7 Å². The molecule has 0 atom stereocenters. The fraction of sp³-hybridized carbons (Fsp3) is 0.364. The van der Waals surface area contributed by atoms with E-state index in [4.69, 9.17) is 0 Å². The van der Waals surface area contributed by atoms with Gasteiger partial charge < -0.3 is 10.6 Å². The molecule has 15 heavy (non-hydrogen) atoms. The molecular formula is C11H13FN2O. The van der Waals surface area contributed by atoms with Crippen LogP contribution in [0.3, 0.4) is 0 Å². The lowest BCUT2D eigenvalue weighted by Gasteiger charge is -2.25. The van der Waals surface area contributed by atoms with E-state index in [2.05, 4.69) is 10.6 Å².